The molecule has 1 aliphatic carbocycles. The third kappa shape index (κ3) is 2.77. The maximum Gasteiger partial charge on any atom is 0.253 e. The van der Waals surface area contributed by atoms with Gasteiger partial charge in [-0.25, -0.2) is 0 Å². The Bertz CT molecular complexity index is 438. The first-order valence-corrected chi connectivity index (χ1v) is 5.90. The molecule has 0 aliphatic heterocycles. The van der Waals surface area contributed by atoms with E-state index in [9.17, 15) is 4.79 Å². The Morgan fingerprint density at radius 3 is 2.76 bits per heavy atom. The molecule has 92 valence electrons. The van der Waals surface area contributed by atoms with Crippen molar-refractivity contribution >= 4 is 11.6 Å². The number of benzene rings is 1. The summed E-state index contributed by atoms with van der Waals surface area (Å²) < 4.78 is 0. The smallest absolute Gasteiger partial charge is 0.253 e. The van der Waals surface area contributed by atoms with E-state index in [1.54, 1.807) is 6.07 Å². The minimum Gasteiger partial charge on any atom is -0.351 e. The summed E-state index contributed by atoms with van der Waals surface area (Å²) in [6.07, 6.45) is 2.40. The van der Waals surface area contributed by atoms with Crippen molar-refractivity contribution in [2.75, 3.05) is 12.0 Å². The minimum absolute atomic E-state index is 0.0638. The number of rotatable bonds is 4. The van der Waals surface area contributed by atoms with Crippen LogP contribution in [0.5, 0.6) is 0 Å². The number of carbonyl (C=O) groups excluding carboxylic acids is 1. The van der Waals surface area contributed by atoms with Crippen molar-refractivity contribution in [3.63, 3.8) is 0 Å². The van der Waals surface area contributed by atoms with Gasteiger partial charge in [0, 0.05) is 6.54 Å². The molecule has 0 unspecified atom stereocenters. The predicted octanol–water partition coefficient (Wildman–Crippen LogP) is 1.81. The zero-order valence-electron chi connectivity index (χ0n) is 10.3. The Balaban J connectivity index is 2.07. The highest BCUT2D eigenvalue weighted by Crippen LogP contribution is 2.44. The number of nitrogens with one attached hydrogen (secondary N) is 2. The summed E-state index contributed by atoms with van der Waals surface area (Å²) in [6.45, 7) is 4.89. The second kappa shape index (κ2) is 4.37. The SMILES string of the molecule is Cc1ccc(C(=O)NCC2(C)CC2)c(NN)c1. The monoisotopic (exact) mass is 233 g/mol. The summed E-state index contributed by atoms with van der Waals surface area (Å²) in [6, 6.07) is 5.58. The molecule has 0 aromatic heterocycles. The highest BCUT2D eigenvalue weighted by molar-refractivity contribution is 5.99. The highest BCUT2D eigenvalue weighted by atomic mass is 16.1. The number of hydrogen-bond acceptors (Lipinski definition) is 3. The predicted molar refractivity (Wildman–Crippen MR) is 68.7 cm³/mol. The molecule has 1 aromatic rings. The summed E-state index contributed by atoms with van der Waals surface area (Å²) >= 11 is 0. The molecule has 4 N–H and O–H groups in total. The lowest BCUT2D eigenvalue weighted by Gasteiger charge is -2.13. The number of aryl methyl sites for hydroxylation is 1. The topological polar surface area (TPSA) is 67.2 Å². The van der Waals surface area contributed by atoms with E-state index in [2.05, 4.69) is 17.7 Å². The third-order valence-electron chi connectivity index (χ3n) is 3.35. The maximum atomic E-state index is 12.0. The Morgan fingerprint density at radius 2 is 2.18 bits per heavy atom. The average Bonchev–Trinajstić information content (AvgIpc) is 3.04. The number of nitrogen functional groups attached to an aromatic ring is 1. The van der Waals surface area contributed by atoms with Crippen LogP contribution in [-0.2, 0) is 0 Å². The second-order valence-corrected chi connectivity index (χ2v) is 5.19. The Morgan fingerprint density at radius 1 is 1.47 bits per heavy atom. The first kappa shape index (κ1) is 11.9. The van der Waals surface area contributed by atoms with Gasteiger partial charge in [-0.05, 0) is 42.9 Å². The van der Waals surface area contributed by atoms with E-state index in [4.69, 9.17) is 5.84 Å². The van der Waals surface area contributed by atoms with Crippen LogP contribution in [0.1, 0.15) is 35.7 Å². The van der Waals surface area contributed by atoms with Gasteiger partial charge in [-0.1, -0.05) is 13.0 Å². The summed E-state index contributed by atoms with van der Waals surface area (Å²) in [5.41, 5.74) is 5.23. The maximum absolute atomic E-state index is 12.0. The van der Waals surface area contributed by atoms with E-state index in [1.807, 2.05) is 19.1 Å². The van der Waals surface area contributed by atoms with Gasteiger partial charge >= 0.3 is 0 Å². The minimum atomic E-state index is -0.0638. The molecule has 1 fully saturated rings. The van der Waals surface area contributed by atoms with E-state index in [1.165, 1.54) is 12.8 Å². The molecule has 1 amide bonds. The van der Waals surface area contributed by atoms with Gasteiger partial charge in [0.15, 0.2) is 0 Å². The lowest BCUT2D eigenvalue weighted by Crippen LogP contribution is -2.30. The van der Waals surface area contributed by atoms with Crippen molar-refractivity contribution in [3.05, 3.63) is 29.3 Å². The van der Waals surface area contributed by atoms with Gasteiger partial charge in [-0.15, -0.1) is 0 Å². The average molecular weight is 233 g/mol. The first-order valence-electron chi connectivity index (χ1n) is 5.90. The Labute approximate surface area is 102 Å². The van der Waals surface area contributed by atoms with Gasteiger partial charge in [0.2, 0.25) is 0 Å². The summed E-state index contributed by atoms with van der Waals surface area (Å²) in [5, 5.41) is 2.96. The van der Waals surface area contributed by atoms with Crippen molar-refractivity contribution in [1.29, 1.82) is 0 Å². The van der Waals surface area contributed by atoms with Gasteiger partial charge < -0.3 is 10.7 Å². The molecule has 0 spiro atoms. The van der Waals surface area contributed by atoms with Gasteiger partial charge in [0.05, 0.1) is 11.3 Å². The van der Waals surface area contributed by atoms with Crippen LogP contribution in [0, 0.1) is 12.3 Å². The fraction of sp³-hybridized carbons (Fsp3) is 0.462. The number of nitrogens with two attached hydrogens (primary N) is 1. The van der Waals surface area contributed by atoms with Crippen LogP contribution in [0.2, 0.25) is 0 Å². The second-order valence-electron chi connectivity index (χ2n) is 5.19. The van der Waals surface area contributed by atoms with Gasteiger partial charge in [0.25, 0.3) is 5.91 Å². The molecular weight excluding hydrogens is 214 g/mol. The van der Waals surface area contributed by atoms with Crippen molar-refractivity contribution in [1.82, 2.24) is 5.32 Å². The quantitative estimate of drug-likeness (QED) is 0.549. The largest absolute Gasteiger partial charge is 0.351 e. The number of anilines is 1. The van der Waals surface area contributed by atoms with Gasteiger partial charge in [-0.2, -0.15) is 0 Å². The molecule has 17 heavy (non-hydrogen) atoms. The molecule has 4 nitrogen and oxygen atoms in total. The van der Waals surface area contributed by atoms with Crippen LogP contribution >= 0.6 is 0 Å². The van der Waals surface area contributed by atoms with Crippen molar-refractivity contribution < 1.29 is 4.79 Å². The van der Waals surface area contributed by atoms with Gasteiger partial charge in [-0.3, -0.25) is 10.6 Å². The molecule has 4 heteroatoms. The Hall–Kier alpha value is -1.55. The third-order valence-corrected chi connectivity index (χ3v) is 3.35. The van der Waals surface area contributed by atoms with Crippen molar-refractivity contribution in [2.24, 2.45) is 11.3 Å². The molecule has 1 saturated carbocycles. The summed E-state index contributed by atoms with van der Waals surface area (Å²) in [5.74, 6) is 5.36. The first-order chi connectivity index (χ1) is 8.04. The molecule has 0 radical (unpaired) electrons. The summed E-state index contributed by atoms with van der Waals surface area (Å²) in [7, 11) is 0. The highest BCUT2D eigenvalue weighted by Gasteiger charge is 2.37. The van der Waals surface area contributed by atoms with Crippen LogP contribution < -0.4 is 16.6 Å². The molecule has 0 heterocycles. The zero-order chi connectivity index (χ0) is 12.5. The van der Waals surface area contributed by atoms with E-state index in [-0.39, 0.29) is 5.91 Å². The molecule has 1 aromatic carbocycles. The molecule has 0 atom stereocenters. The van der Waals surface area contributed by atoms with Crippen LogP contribution in [0.25, 0.3) is 0 Å². The fourth-order valence-electron chi connectivity index (χ4n) is 1.75. The molecular formula is C13H19N3O. The van der Waals surface area contributed by atoms with Crippen LogP contribution in [0.4, 0.5) is 5.69 Å². The number of hydrogen-bond donors (Lipinski definition) is 3. The normalized spacial score (nSPS) is 16.4. The van der Waals surface area contributed by atoms with E-state index >= 15 is 0 Å². The van der Waals surface area contributed by atoms with E-state index in [0.29, 0.717) is 16.7 Å². The number of carbonyl (C=O) groups is 1. The van der Waals surface area contributed by atoms with Crippen molar-refractivity contribution in [3.8, 4) is 0 Å². The zero-order valence-corrected chi connectivity index (χ0v) is 10.3. The van der Waals surface area contributed by atoms with Crippen LogP contribution in [0.15, 0.2) is 18.2 Å². The summed E-state index contributed by atoms with van der Waals surface area (Å²) in [4.78, 5) is 12.0. The van der Waals surface area contributed by atoms with Crippen LogP contribution in [-0.4, -0.2) is 12.5 Å². The molecule has 1 aliphatic rings. The Kier molecular flexibility index (Phi) is 3.07. The number of amides is 1. The molecule has 0 saturated heterocycles. The number of hydrazine groups is 1. The van der Waals surface area contributed by atoms with Crippen LogP contribution in [0.3, 0.4) is 0 Å². The fourth-order valence-corrected chi connectivity index (χ4v) is 1.75. The lowest BCUT2D eigenvalue weighted by molar-refractivity contribution is 0.0947. The standard InChI is InChI=1S/C13H19N3O/c1-9-3-4-10(11(7-9)16-14)12(17)15-8-13(2)5-6-13/h3-4,7,16H,5-6,8,14H2,1-2H3,(H,15,17). The van der Waals surface area contributed by atoms with E-state index < -0.39 is 0 Å². The van der Waals surface area contributed by atoms with Crippen molar-refractivity contribution in [2.45, 2.75) is 26.7 Å². The van der Waals surface area contributed by atoms with Gasteiger partial charge in [0.1, 0.15) is 0 Å². The molecule has 0 bridgehead atoms. The lowest BCUT2D eigenvalue weighted by atomic mass is 10.1. The molecule has 2 rings (SSSR count). The van der Waals surface area contributed by atoms with E-state index in [0.717, 1.165) is 12.1 Å².